The van der Waals surface area contributed by atoms with Crippen molar-refractivity contribution in [1.29, 1.82) is 0 Å². The van der Waals surface area contributed by atoms with Crippen molar-refractivity contribution in [2.75, 3.05) is 5.73 Å². The Morgan fingerprint density at radius 2 is 2.10 bits per heavy atom. The number of benzene rings is 1. The number of nitrogen functional groups attached to an aromatic ring is 1. The molecule has 102 valence electrons. The van der Waals surface area contributed by atoms with Gasteiger partial charge in [-0.1, -0.05) is 13.0 Å². The predicted octanol–water partition coefficient (Wildman–Crippen LogP) is 3.01. The molecule has 4 nitrogen and oxygen atoms in total. The molecule has 0 bridgehead atoms. The van der Waals surface area contributed by atoms with Gasteiger partial charge in [0.15, 0.2) is 0 Å². The molecule has 0 atom stereocenters. The van der Waals surface area contributed by atoms with Gasteiger partial charge in [0.05, 0.1) is 23.3 Å². The minimum Gasteiger partial charge on any atom is -0.399 e. The van der Waals surface area contributed by atoms with E-state index in [4.69, 9.17) is 10.7 Å². The van der Waals surface area contributed by atoms with Crippen LogP contribution in [0.1, 0.15) is 24.9 Å². The van der Waals surface area contributed by atoms with Crippen molar-refractivity contribution < 1.29 is 0 Å². The molecule has 0 aliphatic carbocycles. The molecular weight excluding hydrogens is 248 g/mol. The van der Waals surface area contributed by atoms with Crippen molar-refractivity contribution in [1.82, 2.24) is 14.5 Å². The first kappa shape index (κ1) is 12.7. The molecule has 0 radical (unpaired) electrons. The molecule has 3 aromatic rings. The van der Waals surface area contributed by atoms with Crippen LogP contribution >= 0.6 is 0 Å². The fraction of sp³-hybridized carbons (Fsp3) is 0.250. The molecular formula is C16H18N4. The van der Waals surface area contributed by atoms with Gasteiger partial charge in [-0.25, -0.2) is 4.98 Å². The summed E-state index contributed by atoms with van der Waals surface area (Å²) in [6, 6.07) is 11.9. The number of nitrogens with two attached hydrogens (primary N) is 1. The third-order valence-electron chi connectivity index (χ3n) is 3.37. The highest BCUT2D eigenvalue weighted by Gasteiger charge is 2.11. The summed E-state index contributed by atoms with van der Waals surface area (Å²) in [7, 11) is 0. The van der Waals surface area contributed by atoms with Gasteiger partial charge < -0.3 is 10.3 Å². The molecule has 3 rings (SSSR count). The summed E-state index contributed by atoms with van der Waals surface area (Å²) in [4.78, 5) is 9.12. The number of anilines is 1. The third-order valence-corrected chi connectivity index (χ3v) is 3.37. The SMILES string of the molecule is CCCc1nc2cc(N)ccc2n1Cc1ccccn1. The summed E-state index contributed by atoms with van der Waals surface area (Å²) < 4.78 is 2.24. The van der Waals surface area contributed by atoms with Gasteiger partial charge in [0.25, 0.3) is 0 Å². The number of nitrogens with zero attached hydrogens (tertiary/aromatic N) is 3. The number of fused-ring (bicyclic) bond motifs is 1. The lowest BCUT2D eigenvalue weighted by molar-refractivity contribution is 0.710. The van der Waals surface area contributed by atoms with Crippen LogP contribution in [-0.4, -0.2) is 14.5 Å². The normalized spacial score (nSPS) is 11.1. The van der Waals surface area contributed by atoms with Crippen LogP contribution in [0.3, 0.4) is 0 Å². The first-order valence-corrected chi connectivity index (χ1v) is 6.92. The largest absolute Gasteiger partial charge is 0.399 e. The molecule has 0 fully saturated rings. The summed E-state index contributed by atoms with van der Waals surface area (Å²) in [5.41, 5.74) is 9.72. The zero-order valence-corrected chi connectivity index (χ0v) is 11.6. The second-order valence-corrected chi connectivity index (χ2v) is 4.93. The Bertz CT molecular complexity index is 716. The van der Waals surface area contributed by atoms with E-state index in [2.05, 4.69) is 16.5 Å². The smallest absolute Gasteiger partial charge is 0.110 e. The van der Waals surface area contributed by atoms with Crippen LogP contribution in [0.5, 0.6) is 0 Å². The van der Waals surface area contributed by atoms with Crippen LogP contribution in [0.15, 0.2) is 42.6 Å². The van der Waals surface area contributed by atoms with Crippen LogP contribution in [0.4, 0.5) is 5.69 Å². The quantitative estimate of drug-likeness (QED) is 0.738. The van der Waals surface area contributed by atoms with Crippen LogP contribution in [0.25, 0.3) is 11.0 Å². The maximum atomic E-state index is 5.85. The lowest BCUT2D eigenvalue weighted by Crippen LogP contribution is -2.06. The maximum absolute atomic E-state index is 5.85. The average molecular weight is 266 g/mol. The molecule has 1 aromatic carbocycles. The van der Waals surface area contributed by atoms with Crippen LogP contribution in [0, 0.1) is 0 Å². The number of aryl methyl sites for hydroxylation is 1. The molecule has 0 saturated heterocycles. The lowest BCUT2D eigenvalue weighted by Gasteiger charge is -2.08. The fourth-order valence-corrected chi connectivity index (χ4v) is 2.44. The summed E-state index contributed by atoms with van der Waals surface area (Å²) >= 11 is 0. The number of aromatic nitrogens is 3. The van der Waals surface area contributed by atoms with Crippen LogP contribution in [-0.2, 0) is 13.0 Å². The zero-order chi connectivity index (χ0) is 13.9. The van der Waals surface area contributed by atoms with E-state index in [9.17, 15) is 0 Å². The molecule has 0 spiro atoms. The van der Waals surface area contributed by atoms with Crippen molar-refractivity contribution in [3.8, 4) is 0 Å². The molecule has 0 unspecified atom stereocenters. The number of rotatable bonds is 4. The Kier molecular flexibility index (Phi) is 3.37. The second-order valence-electron chi connectivity index (χ2n) is 4.93. The second kappa shape index (κ2) is 5.33. The summed E-state index contributed by atoms with van der Waals surface area (Å²) in [6.45, 7) is 2.91. The van der Waals surface area contributed by atoms with Gasteiger partial charge in [-0.2, -0.15) is 0 Å². The molecule has 0 saturated carbocycles. The Balaban J connectivity index is 2.09. The molecule has 0 amide bonds. The number of imidazole rings is 1. The Hall–Kier alpha value is -2.36. The van der Waals surface area contributed by atoms with Crippen molar-refractivity contribution in [3.63, 3.8) is 0 Å². The minimum absolute atomic E-state index is 0.747. The van der Waals surface area contributed by atoms with Gasteiger partial charge >= 0.3 is 0 Å². The van der Waals surface area contributed by atoms with Crippen molar-refractivity contribution in [3.05, 3.63) is 54.1 Å². The molecule has 2 aromatic heterocycles. The van der Waals surface area contributed by atoms with Gasteiger partial charge in [0, 0.05) is 18.3 Å². The first-order valence-electron chi connectivity index (χ1n) is 6.92. The van der Waals surface area contributed by atoms with E-state index in [0.717, 1.165) is 47.6 Å². The summed E-state index contributed by atoms with van der Waals surface area (Å²) in [6.07, 6.45) is 3.86. The maximum Gasteiger partial charge on any atom is 0.110 e. The van der Waals surface area contributed by atoms with Gasteiger partial charge in [0.1, 0.15) is 5.82 Å². The number of hydrogen-bond donors (Lipinski definition) is 1. The van der Waals surface area contributed by atoms with Crippen molar-refractivity contribution in [2.45, 2.75) is 26.3 Å². The Morgan fingerprint density at radius 1 is 1.20 bits per heavy atom. The number of pyridine rings is 1. The lowest BCUT2D eigenvalue weighted by atomic mass is 10.2. The molecule has 4 heteroatoms. The highest BCUT2D eigenvalue weighted by Crippen LogP contribution is 2.21. The van der Waals surface area contributed by atoms with Gasteiger partial charge in [-0.3, -0.25) is 4.98 Å². The zero-order valence-electron chi connectivity index (χ0n) is 11.6. The molecule has 2 N–H and O–H groups in total. The van der Waals surface area contributed by atoms with Crippen molar-refractivity contribution in [2.24, 2.45) is 0 Å². The average Bonchev–Trinajstić information content (AvgIpc) is 2.77. The topological polar surface area (TPSA) is 56.7 Å². The van der Waals surface area contributed by atoms with Gasteiger partial charge in [0.2, 0.25) is 0 Å². The van der Waals surface area contributed by atoms with Crippen LogP contribution in [0.2, 0.25) is 0 Å². The van der Waals surface area contributed by atoms with Gasteiger partial charge in [-0.15, -0.1) is 0 Å². The first-order chi connectivity index (χ1) is 9.78. The minimum atomic E-state index is 0.747. The van der Waals surface area contributed by atoms with E-state index in [1.54, 1.807) is 0 Å². The van der Waals surface area contributed by atoms with E-state index in [1.807, 2.05) is 42.6 Å². The van der Waals surface area contributed by atoms with Crippen LogP contribution < -0.4 is 5.73 Å². The molecule has 2 heterocycles. The highest BCUT2D eigenvalue weighted by atomic mass is 15.1. The highest BCUT2D eigenvalue weighted by molar-refractivity contribution is 5.79. The third kappa shape index (κ3) is 2.37. The fourth-order valence-electron chi connectivity index (χ4n) is 2.44. The van der Waals surface area contributed by atoms with E-state index >= 15 is 0 Å². The molecule has 20 heavy (non-hydrogen) atoms. The molecule has 0 aliphatic heterocycles. The van der Waals surface area contributed by atoms with Gasteiger partial charge in [-0.05, 0) is 36.8 Å². The van der Waals surface area contributed by atoms with E-state index in [0.29, 0.717) is 0 Å². The molecule has 0 aliphatic rings. The standard InChI is InChI=1S/C16H18N4/c1-2-5-16-19-14-10-12(17)7-8-15(14)20(16)11-13-6-3-4-9-18-13/h3-4,6-10H,2,5,11,17H2,1H3. The van der Waals surface area contributed by atoms with E-state index in [1.165, 1.54) is 0 Å². The summed E-state index contributed by atoms with van der Waals surface area (Å²) in [5, 5.41) is 0. The Labute approximate surface area is 118 Å². The monoisotopic (exact) mass is 266 g/mol. The number of hydrogen-bond acceptors (Lipinski definition) is 3. The van der Waals surface area contributed by atoms with Crippen molar-refractivity contribution >= 4 is 16.7 Å². The summed E-state index contributed by atoms with van der Waals surface area (Å²) in [5.74, 6) is 1.10. The Morgan fingerprint density at radius 3 is 2.85 bits per heavy atom. The predicted molar refractivity (Wildman–Crippen MR) is 81.5 cm³/mol. The van der Waals surface area contributed by atoms with E-state index < -0.39 is 0 Å². The van der Waals surface area contributed by atoms with E-state index in [-0.39, 0.29) is 0 Å².